The van der Waals surface area contributed by atoms with Crippen LogP contribution in [0.1, 0.15) is 30.0 Å². The van der Waals surface area contributed by atoms with E-state index in [2.05, 4.69) is 19.5 Å². The SMILES string of the molecule is CCOC(=O)C1=C(CN2CC(F)(F)CC2CSCC(=O)O)NC(c2nccs2)=N[C@H]1c1ccc(P)cc1Cl. The number of hydrogen-bond donors (Lipinski definition) is 2. The van der Waals surface area contributed by atoms with Crippen molar-refractivity contribution in [2.24, 2.45) is 4.99 Å². The lowest BCUT2D eigenvalue weighted by molar-refractivity contribution is -0.139. The molecule has 2 aliphatic heterocycles. The van der Waals surface area contributed by atoms with Gasteiger partial charge in [-0.05, 0) is 18.3 Å². The minimum absolute atomic E-state index is 0.0255. The van der Waals surface area contributed by atoms with Gasteiger partial charge in [0.25, 0.3) is 5.92 Å². The zero-order valence-corrected chi connectivity index (χ0v) is 23.9. The number of rotatable bonds is 10. The second-order valence-corrected chi connectivity index (χ2v) is 11.8. The van der Waals surface area contributed by atoms with Crippen LogP contribution >= 0.6 is 43.9 Å². The smallest absolute Gasteiger partial charge is 0.338 e. The second-order valence-electron chi connectivity index (χ2n) is 8.76. The molecule has 1 fully saturated rings. The first kappa shape index (κ1) is 28.9. The lowest BCUT2D eigenvalue weighted by Gasteiger charge is -2.31. The molecular formula is C24H26ClF2N4O4PS2. The van der Waals surface area contributed by atoms with Crippen LogP contribution in [0.3, 0.4) is 0 Å². The summed E-state index contributed by atoms with van der Waals surface area (Å²) in [6.45, 7) is 1.24. The summed E-state index contributed by atoms with van der Waals surface area (Å²) in [6.07, 6.45) is 1.22. The third-order valence-electron chi connectivity index (χ3n) is 5.96. The highest BCUT2D eigenvalue weighted by Crippen LogP contribution is 2.38. The van der Waals surface area contributed by atoms with Gasteiger partial charge in [-0.1, -0.05) is 23.7 Å². The maximum absolute atomic E-state index is 14.5. The number of aromatic nitrogens is 1. The predicted octanol–water partition coefficient (Wildman–Crippen LogP) is 3.73. The summed E-state index contributed by atoms with van der Waals surface area (Å²) in [5.41, 5.74) is 1.11. The van der Waals surface area contributed by atoms with E-state index >= 15 is 0 Å². The number of aliphatic carboxylic acids is 1. The van der Waals surface area contributed by atoms with Crippen molar-refractivity contribution in [3.8, 4) is 0 Å². The van der Waals surface area contributed by atoms with Gasteiger partial charge in [0.15, 0.2) is 10.8 Å². The molecule has 2 N–H and O–H groups in total. The van der Waals surface area contributed by atoms with Crippen LogP contribution in [0.15, 0.2) is 46.0 Å². The monoisotopic (exact) mass is 602 g/mol. The molecule has 3 heterocycles. The number of carbonyl (C=O) groups excluding carboxylic acids is 1. The first-order valence-corrected chi connectivity index (χ1v) is 14.7. The van der Waals surface area contributed by atoms with Crippen molar-refractivity contribution in [3.63, 3.8) is 0 Å². The van der Waals surface area contributed by atoms with Gasteiger partial charge in [0.05, 0.1) is 24.5 Å². The topological polar surface area (TPSA) is 104 Å². The number of nitrogens with zero attached hydrogens (tertiary/aromatic N) is 3. The fourth-order valence-corrected chi connectivity index (χ4v) is 6.55. The Morgan fingerprint density at radius 1 is 1.42 bits per heavy atom. The van der Waals surface area contributed by atoms with E-state index in [-0.39, 0.29) is 30.2 Å². The summed E-state index contributed by atoms with van der Waals surface area (Å²) in [7, 11) is 2.56. The Bertz CT molecular complexity index is 1260. The minimum atomic E-state index is -2.95. The molecule has 3 atom stereocenters. The summed E-state index contributed by atoms with van der Waals surface area (Å²) in [6, 6.07) is 3.89. The Morgan fingerprint density at radius 3 is 2.87 bits per heavy atom. The van der Waals surface area contributed by atoms with Crippen LogP contribution in [0.4, 0.5) is 8.78 Å². The average molecular weight is 603 g/mol. The molecule has 0 radical (unpaired) electrons. The van der Waals surface area contributed by atoms with Gasteiger partial charge in [0, 0.05) is 52.6 Å². The van der Waals surface area contributed by atoms with Crippen LogP contribution < -0.4 is 10.6 Å². The van der Waals surface area contributed by atoms with Gasteiger partial charge < -0.3 is 15.2 Å². The van der Waals surface area contributed by atoms with Crippen molar-refractivity contribution in [1.29, 1.82) is 0 Å². The molecule has 0 saturated carbocycles. The highest BCUT2D eigenvalue weighted by molar-refractivity contribution is 7.99. The molecule has 2 aromatic rings. The summed E-state index contributed by atoms with van der Waals surface area (Å²) in [5.74, 6) is -4.16. The second kappa shape index (κ2) is 12.4. The largest absolute Gasteiger partial charge is 0.481 e. The lowest BCUT2D eigenvalue weighted by Crippen LogP contribution is -2.42. The number of thioether (sulfide) groups is 1. The Kier molecular flexibility index (Phi) is 9.41. The van der Waals surface area contributed by atoms with Gasteiger partial charge in [-0.25, -0.2) is 18.6 Å². The van der Waals surface area contributed by atoms with E-state index in [0.29, 0.717) is 27.1 Å². The molecule has 1 aromatic carbocycles. The van der Waals surface area contributed by atoms with Crippen LogP contribution in [-0.4, -0.2) is 75.9 Å². The van der Waals surface area contributed by atoms with Gasteiger partial charge in [-0.15, -0.1) is 32.3 Å². The van der Waals surface area contributed by atoms with Gasteiger partial charge >= 0.3 is 11.9 Å². The number of carbonyl (C=O) groups is 2. The number of alkyl halides is 2. The van der Waals surface area contributed by atoms with Crippen molar-refractivity contribution in [3.05, 3.63) is 56.6 Å². The number of thiazole rings is 1. The number of carboxylic acids is 1. The number of nitrogens with one attached hydrogen (secondary N) is 1. The standard InChI is InChI=1S/C24H26ClF2N4O4PS2/c1-2-35-23(34)19-17(9-31-12-24(26,27)8-13(31)10-37-11-18(32)33)29-21(22-28-5-6-38-22)30-20(19)15-4-3-14(36)7-16(15)25/h3-7,13,20H,2,8-12,36H2,1H3,(H,29,30)(H,32,33)/t13?,20-/m0/s1. The first-order valence-electron chi connectivity index (χ1n) is 11.7. The van der Waals surface area contributed by atoms with E-state index in [1.807, 2.05) is 6.07 Å². The number of esters is 1. The maximum atomic E-state index is 14.5. The third kappa shape index (κ3) is 6.90. The van der Waals surface area contributed by atoms with Crippen LogP contribution in [0, 0.1) is 0 Å². The van der Waals surface area contributed by atoms with E-state index in [1.165, 1.54) is 11.3 Å². The van der Waals surface area contributed by atoms with E-state index in [9.17, 15) is 18.4 Å². The van der Waals surface area contributed by atoms with E-state index in [1.54, 1.807) is 35.5 Å². The number of halogens is 3. The highest BCUT2D eigenvalue weighted by Gasteiger charge is 2.46. The van der Waals surface area contributed by atoms with Crippen molar-refractivity contribution in [2.75, 3.05) is 31.2 Å². The average Bonchev–Trinajstić information content (AvgIpc) is 3.46. The molecule has 1 saturated heterocycles. The fourth-order valence-electron chi connectivity index (χ4n) is 4.41. The molecule has 4 rings (SSSR count). The molecule has 0 aliphatic carbocycles. The van der Waals surface area contributed by atoms with E-state index < -0.39 is 42.9 Å². The van der Waals surface area contributed by atoms with Crippen LogP contribution in [0.5, 0.6) is 0 Å². The van der Waals surface area contributed by atoms with Gasteiger partial charge in [-0.3, -0.25) is 14.7 Å². The van der Waals surface area contributed by atoms with E-state index in [4.69, 9.17) is 26.4 Å². The normalized spacial score (nSPS) is 21.2. The van der Waals surface area contributed by atoms with Crippen LogP contribution in [0.2, 0.25) is 5.02 Å². The molecule has 14 heteroatoms. The van der Waals surface area contributed by atoms with Crippen LogP contribution in [0.25, 0.3) is 0 Å². The first-order chi connectivity index (χ1) is 18.1. The molecular weight excluding hydrogens is 577 g/mol. The molecule has 8 nitrogen and oxygen atoms in total. The van der Waals surface area contributed by atoms with E-state index in [0.717, 1.165) is 17.1 Å². The quantitative estimate of drug-likeness (QED) is 0.313. The summed E-state index contributed by atoms with van der Waals surface area (Å²) in [4.78, 5) is 35.0. The number of ether oxygens (including phenoxy) is 1. The van der Waals surface area contributed by atoms with Gasteiger partial charge in [-0.2, -0.15) is 0 Å². The summed E-state index contributed by atoms with van der Waals surface area (Å²) >= 11 is 9.02. The molecule has 38 heavy (non-hydrogen) atoms. The van der Waals surface area contributed by atoms with Crippen molar-refractivity contribution in [1.82, 2.24) is 15.2 Å². The van der Waals surface area contributed by atoms with Crippen molar-refractivity contribution in [2.45, 2.75) is 31.4 Å². The maximum Gasteiger partial charge on any atom is 0.338 e. The number of aliphatic imine (C=N–C) groups is 1. The molecule has 0 spiro atoms. The number of carboxylic acid groups (broad SMARTS) is 1. The van der Waals surface area contributed by atoms with Crippen molar-refractivity contribution < 1.29 is 28.2 Å². The zero-order valence-electron chi connectivity index (χ0n) is 20.3. The number of hydrogen-bond acceptors (Lipinski definition) is 9. The molecule has 0 amide bonds. The minimum Gasteiger partial charge on any atom is -0.481 e. The summed E-state index contributed by atoms with van der Waals surface area (Å²) in [5, 5.41) is 15.7. The number of likely N-dealkylation sites (tertiary alicyclic amines) is 1. The van der Waals surface area contributed by atoms with Gasteiger partial charge in [0.1, 0.15) is 6.04 Å². The number of amidine groups is 1. The lowest BCUT2D eigenvalue weighted by atomic mass is 9.95. The van der Waals surface area contributed by atoms with Crippen LogP contribution in [-0.2, 0) is 14.3 Å². The van der Waals surface area contributed by atoms with Crippen molar-refractivity contribution >= 4 is 67.0 Å². The highest BCUT2D eigenvalue weighted by atomic mass is 35.5. The Balaban J connectivity index is 1.76. The zero-order chi connectivity index (χ0) is 27.4. The number of benzene rings is 1. The molecule has 2 unspecified atom stereocenters. The Hall–Kier alpha value is -2.11. The predicted molar refractivity (Wildman–Crippen MR) is 149 cm³/mol. The third-order valence-corrected chi connectivity index (χ3v) is 8.50. The molecule has 0 bridgehead atoms. The summed E-state index contributed by atoms with van der Waals surface area (Å²) < 4.78 is 34.5. The molecule has 2 aliphatic rings. The molecule has 1 aromatic heterocycles. The Morgan fingerprint density at radius 2 is 2.21 bits per heavy atom. The van der Waals surface area contributed by atoms with Gasteiger partial charge in [0.2, 0.25) is 0 Å². The molecule has 204 valence electrons. The fraction of sp³-hybridized carbons (Fsp3) is 0.417. The Labute approximate surface area is 234 Å².